The number of hydrogen-bond donors (Lipinski definition) is 2. The summed E-state index contributed by atoms with van der Waals surface area (Å²) in [5, 5.41) is 3.28. The van der Waals surface area contributed by atoms with Crippen LogP contribution in [0.5, 0.6) is 5.75 Å². The number of benzene rings is 1. The summed E-state index contributed by atoms with van der Waals surface area (Å²) < 4.78 is 5.10. The molecular formula is C13H20N2O2. The van der Waals surface area contributed by atoms with Gasteiger partial charge >= 0.3 is 0 Å². The first-order valence-electron chi connectivity index (χ1n) is 5.71. The van der Waals surface area contributed by atoms with Gasteiger partial charge < -0.3 is 15.8 Å². The zero-order valence-corrected chi connectivity index (χ0v) is 10.6. The second kappa shape index (κ2) is 6.25. The van der Waals surface area contributed by atoms with E-state index in [2.05, 4.69) is 12.2 Å². The first kappa shape index (κ1) is 13.5. The average molecular weight is 236 g/mol. The normalized spacial score (nSPS) is 14.1. The molecule has 0 fully saturated rings. The lowest BCUT2D eigenvalue weighted by atomic mass is 10.1. The minimum absolute atomic E-state index is 0.157. The standard InChI is InChI=1S/C13H20N2O2/c1-9(13(14)16)8-15-10(2)11-4-6-12(17-3)7-5-11/h4-7,9-10,15H,8H2,1-3H3,(H2,14,16). The molecule has 1 rings (SSSR count). The van der Waals surface area contributed by atoms with Crippen LogP contribution in [0.1, 0.15) is 25.5 Å². The zero-order chi connectivity index (χ0) is 12.8. The van der Waals surface area contributed by atoms with E-state index in [1.807, 2.05) is 31.2 Å². The van der Waals surface area contributed by atoms with E-state index in [-0.39, 0.29) is 17.9 Å². The maximum atomic E-state index is 10.9. The van der Waals surface area contributed by atoms with Gasteiger partial charge in [0, 0.05) is 18.5 Å². The van der Waals surface area contributed by atoms with Crippen LogP contribution in [0.15, 0.2) is 24.3 Å². The van der Waals surface area contributed by atoms with Crippen molar-refractivity contribution in [1.29, 1.82) is 0 Å². The molecule has 2 atom stereocenters. The van der Waals surface area contributed by atoms with Gasteiger partial charge in [0.25, 0.3) is 0 Å². The highest BCUT2D eigenvalue weighted by Crippen LogP contribution is 2.17. The second-order valence-corrected chi connectivity index (χ2v) is 4.21. The first-order valence-corrected chi connectivity index (χ1v) is 5.71. The van der Waals surface area contributed by atoms with Gasteiger partial charge in [-0.2, -0.15) is 0 Å². The quantitative estimate of drug-likeness (QED) is 0.786. The summed E-state index contributed by atoms with van der Waals surface area (Å²) in [6.45, 7) is 4.45. The van der Waals surface area contributed by atoms with Crippen LogP contribution in [0.2, 0.25) is 0 Å². The average Bonchev–Trinajstić information content (AvgIpc) is 2.35. The Hall–Kier alpha value is -1.55. The maximum Gasteiger partial charge on any atom is 0.221 e. The fourth-order valence-corrected chi connectivity index (χ4v) is 1.46. The number of carbonyl (C=O) groups is 1. The van der Waals surface area contributed by atoms with Gasteiger partial charge in [-0.15, -0.1) is 0 Å². The van der Waals surface area contributed by atoms with Crippen molar-refractivity contribution in [3.8, 4) is 5.75 Å². The molecule has 0 aliphatic heterocycles. The number of rotatable bonds is 6. The van der Waals surface area contributed by atoms with Crippen molar-refractivity contribution in [2.75, 3.05) is 13.7 Å². The molecule has 2 unspecified atom stereocenters. The molecule has 0 saturated heterocycles. The third kappa shape index (κ3) is 4.07. The number of hydrogen-bond acceptors (Lipinski definition) is 3. The van der Waals surface area contributed by atoms with Crippen LogP contribution in [0, 0.1) is 5.92 Å². The lowest BCUT2D eigenvalue weighted by Crippen LogP contribution is -2.32. The van der Waals surface area contributed by atoms with Crippen LogP contribution in [0.3, 0.4) is 0 Å². The third-order valence-electron chi connectivity index (χ3n) is 2.83. The van der Waals surface area contributed by atoms with Crippen LogP contribution in [-0.4, -0.2) is 19.6 Å². The van der Waals surface area contributed by atoms with Gasteiger partial charge in [0.1, 0.15) is 5.75 Å². The molecule has 0 spiro atoms. The largest absolute Gasteiger partial charge is 0.497 e. The minimum Gasteiger partial charge on any atom is -0.497 e. The SMILES string of the molecule is COc1ccc(C(C)NCC(C)C(N)=O)cc1. The van der Waals surface area contributed by atoms with Crippen molar-refractivity contribution < 1.29 is 9.53 Å². The molecule has 94 valence electrons. The molecule has 1 amide bonds. The van der Waals surface area contributed by atoms with Crippen LogP contribution >= 0.6 is 0 Å². The van der Waals surface area contributed by atoms with E-state index < -0.39 is 0 Å². The third-order valence-corrected chi connectivity index (χ3v) is 2.83. The summed E-state index contributed by atoms with van der Waals surface area (Å²) in [5.41, 5.74) is 6.36. The van der Waals surface area contributed by atoms with E-state index in [1.54, 1.807) is 7.11 Å². The predicted octanol–water partition coefficient (Wildman–Crippen LogP) is 1.47. The van der Waals surface area contributed by atoms with E-state index >= 15 is 0 Å². The van der Waals surface area contributed by atoms with Gasteiger partial charge in [-0.3, -0.25) is 4.79 Å². The van der Waals surface area contributed by atoms with Gasteiger partial charge in [-0.25, -0.2) is 0 Å². The fourth-order valence-electron chi connectivity index (χ4n) is 1.46. The molecule has 4 nitrogen and oxygen atoms in total. The van der Waals surface area contributed by atoms with E-state index in [0.717, 1.165) is 11.3 Å². The molecule has 1 aromatic carbocycles. The smallest absolute Gasteiger partial charge is 0.221 e. The molecular weight excluding hydrogens is 216 g/mol. The van der Waals surface area contributed by atoms with Crippen molar-refractivity contribution in [3.63, 3.8) is 0 Å². The molecule has 0 bridgehead atoms. The molecule has 3 N–H and O–H groups in total. The number of primary amides is 1. The highest BCUT2D eigenvalue weighted by atomic mass is 16.5. The molecule has 0 saturated carbocycles. The van der Waals surface area contributed by atoms with E-state index in [1.165, 1.54) is 0 Å². The van der Waals surface area contributed by atoms with Crippen molar-refractivity contribution in [2.24, 2.45) is 11.7 Å². The Morgan fingerprint density at radius 3 is 2.41 bits per heavy atom. The summed E-state index contributed by atoms with van der Waals surface area (Å²) in [6, 6.07) is 8.04. The predicted molar refractivity (Wildman–Crippen MR) is 67.8 cm³/mol. The molecule has 0 aliphatic carbocycles. The van der Waals surface area contributed by atoms with Crippen LogP contribution in [0.4, 0.5) is 0 Å². The van der Waals surface area contributed by atoms with Gasteiger partial charge in [0.05, 0.1) is 7.11 Å². The number of carbonyl (C=O) groups excluding carboxylic acids is 1. The van der Waals surface area contributed by atoms with E-state index in [0.29, 0.717) is 6.54 Å². The lowest BCUT2D eigenvalue weighted by Gasteiger charge is -2.16. The van der Waals surface area contributed by atoms with Crippen LogP contribution in [0.25, 0.3) is 0 Å². The molecule has 1 aromatic rings. The summed E-state index contributed by atoms with van der Waals surface area (Å²) in [5.74, 6) is 0.404. The highest BCUT2D eigenvalue weighted by molar-refractivity contribution is 5.76. The van der Waals surface area contributed by atoms with Gasteiger partial charge in [0.15, 0.2) is 0 Å². The second-order valence-electron chi connectivity index (χ2n) is 4.21. The van der Waals surface area contributed by atoms with Gasteiger partial charge in [-0.1, -0.05) is 19.1 Å². The fraction of sp³-hybridized carbons (Fsp3) is 0.462. The number of ether oxygens (including phenoxy) is 1. The number of nitrogens with two attached hydrogens (primary N) is 1. The Kier molecular flexibility index (Phi) is 4.97. The van der Waals surface area contributed by atoms with Crippen molar-refractivity contribution in [3.05, 3.63) is 29.8 Å². The van der Waals surface area contributed by atoms with Gasteiger partial charge in [0.2, 0.25) is 5.91 Å². The molecule has 17 heavy (non-hydrogen) atoms. The number of amides is 1. The maximum absolute atomic E-state index is 10.9. The van der Waals surface area contributed by atoms with Crippen LogP contribution < -0.4 is 15.8 Å². The zero-order valence-electron chi connectivity index (χ0n) is 10.6. The minimum atomic E-state index is -0.278. The first-order chi connectivity index (χ1) is 8.04. The van der Waals surface area contributed by atoms with Crippen molar-refractivity contribution >= 4 is 5.91 Å². The molecule has 0 radical (unpaired) electrons. The number of methoxy groups -OCH3 is 1. The Morgan fingerprint density at radius 2 is 1.94 bits per heavy atom. The highest BCUT2D eigenvalue weighted by Gasteiger charge is 2.11. The molecule has 0 aliphatic rings. The summed E-state index contributed by atoms with van der Waals surface area (Å²) in [6.07, 6.45) is 0. The van der Waals surface area contributed by atoms with Crippen molar-refractivity contribution in [1.82, 2.24) is 5.32 Å². The van der Waals surface area contributed by atoms with Crippen LogP contribution in [-0.2, 0) is 4.79 Å². The summed E-state index contributed by atoms with van der Waals surface area (Å²) >= 11 is 0. The topological polar surface area (TPSA) is 64.3 Å². The molecule has 4 heteroatoms. The van der Waals surface area contributed by atoms with Gasteiger partial charge in [-0.05, 0) is 24.6 Å². The molecule has 0 aromatic heterocycles. The Balaban J connectivity index is 2.51. The van der Waals surface area contributed by atoms with E-state index in [9.17, 15) is 4.79 Å². The van der Waals surface area contributed by atoms with E-state index in [4.69, 9.17) is 10.5 Å². The Morgan fingerprint density at radius 1 is 1.35 bits per heavy atom. The Labute approximate surface area is 102 Å². The summed E-state index contributed by atoms with van der Waals surface area (Å²) in [7, 11) is 1.64. The molecule has 0 heterocycles. The monoisotopic (exact) mass is 236 g/mol. The Bertz CT molecular complexity index is 362. The van der Waals surface area contributed by atoms with Crippen molar-refractivity contribution in [2.45, 2.75) is 19.9 Å². The summed E-state index contributed by atoms with van der Waals surface area (Å²) in [4.78, 5) is 10.9. The number of nitrogens with one attached hydrogen (secondary N) is 1. The lowest BCUT2D eigenvalue weighted by molar-refractivity contribution is -0.121.